The number of nitrogens with zero attached hydrogens (tertiary/aromatic N) is 2. The number of carbonyl (C=O) groups excluding carboxylic acids is 3. The number of rotatable bonds is 2. The van der Waals surface area contributed by atoms with Gasteiger partial charge in [-0.3, -0.25) is 14.4 Å². The Morgan fingerprint density at radius 1 is 1.00 bits per heavy atom. The van der Waals surface area contributed by atoms with Gasteiger partial charge in [0.05, 0.1) is 23.5 Å². The SMILES string of the molecule is CCN1C(=O)[C@@]2(c3ccccc31)[C@@H]1C(=O)N(c3ccccc3C(F)(F)F)C(=O)[C@@H]1[C@@H]1CCC[NH+]12. The maximum Gasteiger partial charge on any atom is 0.418 e. The van der Waals surface area contributed by atoms with Gasteiger partial charge >= 0.3 is 6.18 Å². The third-order valence-corrected chi connectivity index (χ3v) is 8.14. The van der Waals surface area contributed by atoms with Crippen molar-refractivity contribution < 1.29 is 32.5 Å². The van der Waals surface area contributed by atoms with Crippen LogP contribution in [0.5, 0.6) is 0 Å². The van der Waals surface area contributed by atoms with E-state index in [1.165, 1.54) is 12.1 Å². The number of likely N-dealkylation sites (N-methyl/N-ethyl adjacent to an activating group) is 1. The zero-order chi connectivity index (χ0) is 24.0. The summed E-state index contributed by atoms with van der Waals surface area (Å²) in [4.78, 5) is 45.0. The first kappa shape index (κ1) is 21.3. The first-order chi connectivity index (χ1) is 16.2. The fraction of sp³-hybridized carbons (Fsp3) is 0.400. The van der Waals surface area contributed by atoms with Gasteiger partial charge in [0.1, 0.15) is 17.9 Å². The highest BCUT2D eigenvalue weighted by Crippen LogP contribution is 2.54. The van der Waals surface area contributed by atoms with Crippen LogP contribution in [0.15, 0.2) is 48.5 Å². The van der Waals surface area contributed by atoms with Gasteiger partial charge in [0.2, 0.25) is 17.4 Å². The van der Waals surface area contributed by atoms with E-state index >= 15 is 0 Å². The van der Waals surface area contributed by atoms with E-state index in [1.807, 2.05) is 31.2 Å². The predicted molar refractivity (Wildman–Crippen MR) is 116 cm³/mol. The minimum Gasteiger partial charge on any atom is -0.315 e. The van der Waals surface area contributed by atoms with Gasteiger partial charge in [0.25, 0.3) is 5.91 Å². The van der Waals surface area contributed by atoms with Crippen LogP contribution in [0.4, 0.5) is 24.5 Å². The number of imide groups is 1. The van der Waals surface area contributed by atoms with Crippen LogP contribution >= 0.6 is 0 Å². The smallest absolute Gasteiger partial charge is 0.315 e. The normalized spacial score (nSPS) is 32.1. The van der Waals surface area contributed by atoms with Gasteiger partial charge in [-0.05, 0) is 25.1 Å². The molecule has 3 fully saturated rings. The summed E-state index contributed by atoms with van der Waals surface area (Å²) < 4.78 is 41.4. The van der Waals surface area contributed by atoms with Crippen molar-refractivity contribution in [2.75, 3.05) is 22.9 Å². The Morgan fingerprint density at radius 2 is 1.68 bits per heavy atom. The van der Waals surface area contributed by atoms with E-state index in [2.05, 4.69) is 0 Å². The number of alkyl halides is 3. The van der Waals surface area contributed by atoms with Crippen molar-refractivity contribution in [1.82, 2.24) is 0 Å². The van der Waals surface area contributed by atoms with Gasteiger partial charge in [-0.25, -0.2) is 4.90 Å². The van der Waals surface area contributed by atoms with Crippen molar-refractivity contribution in [3.8, 4) is 0 Å². The van der Waals surface area contributed by atoms with Crippen LogP contribution in [-0.2, 0) is 26.1 Å². The van der Waals surface area contributed by atoms with Gasteiger partial charge in [0.15, 0.2) is 0 Å². The highest BCUT2D eigenvalue weighted by Gasteiger charge is 2.79. The zero-order valence-electron chi connectivity index (χ0n) is 18.4. The molecule has 3 amide bonds. The summed E-state index contributed by atoms with van der Waals surface area (Å²) >= 11 is 0. The van der Waals surface area contributed by atoms with E-state index in [-0.39, 0.29) is 11.9 Å². The summed E-state index contributed by atoms with van der Waals surface area (Å²) in [6, 6.07) is 11.7. The zero-order valence-corrected chi connectivity index (χ0v) is 18.4. The molecule has 0 aliphatic carbocycles. The molecule has 1 spiro atoms. The summed E-state index contributed by atoms with van der Waals surface area (Å²) in [6.45, 7) is 2.88. The molecule has 2 aromatic rings. The van der Waals surface area contributed by atoms with Crippen molar-refractivity contribution in [3.63, 3.8) is 0 Å². The lowest BCUT2D eigenvalue weighted by atomic mass is 9.75. The van der Waals surface area contributed by atoms with Crippen LogP contribution in [0.2, 0.25) is 0 Å². The van der Waals surface area contributed by atoms with Crippen molar-refractivity contribution in [1.29, 1.82) is 0 Å². The van der Waals surface area contributed by atoms with Gasteiger partial charge in [-0.1, -0.05) is 30.3 Å². The monoisotopic (exact) mass is 470 g/mol. The Balaban J connectivity index is 1.57. The molecule has 1 unspecified atom stereocenters. The minimum absolute atomic E-state index is 0.238. The fourth-order valence-corrected chi connectivity index (χ4v) is 7.06. The Morgan fingerprint density at radius 3 is 2.38 bits per heavy atom. The summed E-state index contributed by atoms with van der Waals surface area (Å²) in [6.07, 6.45) is -3.30. The lowest BCUT2D eigenvalue weighted by Gasteiger charge is -2.34. The maximum atomic E-state index is 14.1. The van der Waals surface area contributed by atoms with Gasteiger partial charge in [-0.2, -0.15) is 13.2 Å². The quantitative estimate of drug-likeness (QED) is 0.685. The third kappa shape index (κ3) is 2.38. The lowest BCUT2D eigenvalue weighted by molar-refractivity contribution is -0.948. The molecule has 4 aliphatic rings. The first-order valence-electron chi connectivity index (χ1n) is 11.6. The van der Waals surface area contributed by atoms with Crippen LogP contribution in [0.1, 0.15) is 30.9 Å². The number of carbonyl (C=O) groups is 3. The van der Waals surface area contributed by atoms with Crippen LogP contribution in [0, 0.1) is 11.8 Å². The van der Waals surface area contributed by atoms with Gasteiger partial charge in [0, 0.05) is 24.9 Å². The van der Waals surface area contributed by atoms with E-state index in [0.717, 1.165) is 23.5 Å². The van der Waals surface area contributed by atoms with Crippen LogP contribution in [-0.4, -0.2) is 36.9 Å². The molecule has 34 heavy (non-hydrogen) atoms. The number of hydrogen-bond acceptors (Lipinski definition) is 3. The fourth-order valence-electron chi connectivity index (χ4n) is 7.06. The second-order valence-corrected chi connectivity index (χ2v) is 9.43. The Hall–Kier alpha value is -3.20. The highest BCUT2D eigenvalue weighted by molar-refractivity contribution is 6.25. The van der Waals surface area contributed by atoms with Crippen molar-refractivity contribution in [2.45, 2.75) is 37.5 Å². The topological polar surface area (TPSA) is 62.1 Å². The lowest BCUT2D eigenvalue weighted by Crippen LogP contribution is -3.20. The summed E-state index contributed by atoms with van der Waals surface area (Å²) in [5.41, 5.74) is -1.38. The summed E-state index contributed by atoms with van der Waals surface area (Å²) in [5, 5.41) is 0. The number of amides is 3. The molecule has 3 saturated heterocycles. The second kappa shape index (κ2) is 6.91. The number of anilines is 2. The van der Waals surface area contributed by atoms with Gasteiger partial charge < -0.3 is 9.80 Å². The molecule has 176 valence electrons. The molecule has 6 nitrogen and oxygen atoms in total. The Labute approximate surface area is 193 Å². The molecule has 0 radical (unpaired) electrons. The van der Waals surface area contributed by atoms with Crippen LogP contribution in [0.3, 0.4) is 0 Å². The predicted octanol–water partition coefficient (Wildman–Crippen LogP) is 2.13. The number of hydrogen-bond donors (Lipinski definition) is 1. The standard InChI is InChI=1S/C25H22F3N3O3/c1-2-29-16-10-5-3-8-14(16)24(23(29)34)20-19(18-12-7-13-30(18)24)21(32)31(22(20)33)17-11-6-4-9-15(17)25(26,27)28/h3-6,8-11,18-20H,2,7,12-13H2,1H3/p+1/t18-,19+,20-,24+/m0/s1. The van der Waals surface area contributed by atoms with E-state index in [0.29, 0.717) is 35.7 Å². The average molecular weight is 470 g/mol. The second-order valence-electron chi connectivity index (χ2n) is 9.43. The van der Waals surface area contributed by atoms with Crippen LogP contribution < -0.4 is 14.7 Å². The molecule has 0 aromatic heterocycles. The number of quaternary nitrogens is 1. The van der Waals surface area contributed by atoms with Crippen molar-refractivity contribution >= 4 is 29.1 Å². The Kier molecular flexibility index (Phi) is 4.34. The molecule has 1 N–H and O–H groups in total. The molecule has 5 atom stereocenters. The molecular weight excluding hydrogens is 447 g/mol. The van der Waals surface area contributed by atoms with Crippen molar-refractivity contribution in [2.24, 2.45) is 11.8 Å². The molecule has 4 aliphatic heterocycles. The maximum absolute atomic E-state index is 14.1. The number of fused-ring (bicyclic) bond motifs is 7. The van der Waals surface area contributed by atoms with Crippen molar-refractivity contribution in [3.05, 3.63) is 59.7 Å². The average Bonchev–Trinajstić information content (AvgIpc) is 3.50. The number of para-hydroxylation sites is 2. The minimum atomic E-state index is -4.73. The molecule has 2 aromatic carbocycles. The number of benzene rings is 2. The number of nitrogens with one attached hydrogen (secondary N) is 1. The summed E-state index contributed by atoms with van der Waals surface area (Å²) in [5.74, 6) is -3.45. The number of halogens is 3. The molecule has 0 bridgehead atoms. The van der Waals surface area contributed by atoms with Gasteiger partial charge in [-0.15, -0.1) is 0 Å². The third-order valence-electron chi connectivity index (χ3n) is 8.14. The van der Waals surface area contributed by atoms with Crippen LogP contribution in [0.25, 0.3) is 0 Å². The molecule has 0 saturated carbocycles. The molecular formula is C25H23F3N3O3+. The molecule has 4 heterocycles. The largest absolute Gasteiger partial charge is 0.418 e. The highest BCUT2D eigenvalue weighted by atomic mass is 19.4. The summed E-state index contributed by atoms with van der Waals surface area (Å²) in [7, 11) is 0. The molecule has 6 rings (SSSR count). The van der Waals surface area contributed by atoms with E-state index in [1.54, 1.807) is 4.90 Å². The Bertz CT molecular complexity index is 1250. The first-order valence-corrected chi connectivity index (χ1v) is 11.6. The molecule has 9 heteroatoms. The van der Waals surface area contributed by atoms with E-state index in [4.69, 9.17) is 0 Å². The van der Waals surface area contributed by atoms with E-state index < -0.39 is 46.6 Å². The van der Waals surface area contributed by atoms with E-state index in [9.17, 15) is 27.6 Å².